The van der Waals surface area contributed by atoms with Crippen LogP contribution >= 0.6 is 11.3 Å². The molecule has 0 bridgehead atoms. The second-order valence-electron chi connectivity index (χ2n) is 9.60. The van der Waals surface area contributed by atoms with Crippen LogP contribution in [-0.4, -0.2) is 48.8 Å². The van der Waals surface area contributed by atoms with Crippen LogP contribution in [0.5, 0.6) is 0 Å². The van der Waals surface area contributed by atoms with Crippen molar-refractivity contribution in [1.82, 2.24) is 24.6 Å². The summed E-state index contributed by atoms with van der Waals surface area (Å²) in [5, 5.41) is 7.76. The normalized spacial score (nSPS) is 13.7. The van der Waals surface area contributed by atoms with Crippen molar-refractivity contribution < 1.29 is 14.3 Å². The highest BCUT2D eigenvalue weighted by Gasteiger charge is 2.28. The van der Waals surface area contributed by atoms with Crippen molar-refractivity contribution in [2.45, 2.75) is 66.0 Å². The molecular formula is C24H30N6O3S. The molecule has 3 heterocycles. The standard InChI is InChI=1S/C24H30N6O3S/c1-14(2)16-9-7-8-10-18(16)30-15(3)25-20(28-30)21(31)27-22-26-17-11-12-29(13-19(17)34-22)23(32)33-24(4,5)6/h7-10,14H,11-13H2,1-6H3,(H,26,27,31). The maximum atomic E-state index is 12.9. The SMILES string of the molecule is Cc1nc(C(=O)Nc2nc3c(s2)CN(C(=O)OC(C)(C)C)CC3)nn1-c1ccccc1C(C)C. The number of fused-ring (bicyclic) bond motifs is 1. The van der Waals surface area contributed by atoms with Gasteiger partial charge in [0.1, 0.15) is 11.4 Å². The summed E-state index contributed by atoms with van der Waals surface area (Å²) in [4.78, 5) is 36.9. The number of nitrogens with one attached hydrogen (secondary N) is 1. The predicted molar refractivity (Wildman–Crippen MR) is 131 cm³/mol. The molecule has 1 N–H and O–H groups in total. The topological polar surface area (TPSA) is 102 Å². The number of hydrogen-bond donors (Lipinski definition) is 1. The number of aryl methyl sites for hydroxylation is 1. The van der Waals surface area contributed by atoms with E-state index in [2.05, 4.69) is 40.3 Å². The molecule has 0 spiro atoms. The fraction of sp³-hybridized carbons (Fsp3) is 0.458. The van der Waals surface area contributed by atoms with Gasteiger partial charge in [-0.15, -0.1) is 5.10 Å². The summed E-state index contributed by atoms with van der Waals surface area (Å²) < 4.78 is 7.18. The Hall–Kier alpha value is -3.27. The van der Waals surface area contributed by atoms with Crippen molar-refractivity contribution in [2.75, 3.05) is 11.9 Å². The van der Waals surface area contributed by atoms with Crippen LogP contribution in [0.15, 0.2) is 24.3 Å². The zero-order chi connectivity index (χ0) is 24.6. The van der Waals surface area contributed by atoms with Gasteiger partial charge in [0.25, 0.3) is 5.91 Å². The quantitative estimate of drug-likeness (QED) is 0.578. The molecule has 34 heavy (non-hydrogen) atoms. The number of carbonyl (C=O) groups excluding carboxylic acids is 2. The fourth-order valence-electron chi connectivity index (χ4n) is 3.77. The first-order valence-electron chi connectivity index (χ1n) is 11.3. The molecule has 0 fully saturated rings. The fourth-order valence-corrected chi connectivity index (χ4v) is 4.79. The Morgan fingerprint density at radius 3 is 2.62 bits per heavy atom. The van der Waals surface area contributed by atoms with E-state index >= 15 is 0 Å². The maximum Gasteiger partial charge on any atom is 0.410 e. The van der Waals surface area contributed by atoms with Gasteiger partial charge in [0, 0.05) is 17.8 Å². The Morgan fingerprint density at radius 1 is 1.18 bits per heavy atom. The molecule has 0 aliphatic carbocycles. The van der Waals surface area contributed by atoms with Crippen molar-refractivity contribution in [3.63, 3.8) is 0 Å². The number of anilines is 1. The van der Waals surface area contributed by atoms with Gasteiger partial charge in [0.15, 0.2) is 5.13 Å². The lowest BCUT2D eigenvalue weighted by molar-refractivity contribution is 0.0225. The lowest BCUT2D eigenvalue weighted by Crippen LogP contribution is -2.39. The zero-order valence-corrected chi connectivity index (χ0v) is 21.2. The van der Waals surface area contributed by atoms with Crippen molar-refractivity contribution in [1.29, 1.82) is 0 Å². The van der Waals surface area contributed by atoms with E-state index in [1.807, 2.05) is 45.9 Å². The van der Waals surface area contributed by atoms with Crippen molar-refractivity contribution in [2.24, 2.45) is 0 Å². The molecule has 3 aromatic rings. The molecule has 0 atom stereocenters. The van der Waals surface area contributed by atoms with Gasteiger partial charge in [-0.05, 0) is 45.2 Å². The molecule has 9 nitrogen and oxygen atoms in total. The summed E-state index contributed by atoms with van der Waals surface area (Å²) in [6.07, 6.45) is 0.267. The second-order valence-corrected chi connectivity index (χ2v) is 10.7. The van der Waals surface area contributed by atoms with Gasteiger partial charge in [-0.1, -0.05) is 43.4 Å². The zero-order valence-electron chi connectivity index (χ0n) is 20.4. The van der Waals surface area contributed by atoms with E-state index in [4.69, 9.17) is 4.74 Å². The van der Waals surface area contributed by atoms with E-state index < -0.39 is 11.5 Å². The van der Waals surface area contributed by atoms with Gasteiger partial charge in [-0.25, -0.2) is 19.4 Å². The first kappa shape index (κ1) is 23.9. The molecule has 1 aliphatic rings. The van der Waals surface area contributed by atoms with Crippen LogP contribution in [-0.2, 0) is 17.7 Å². The van der Waals surface area contributed by atoms with Crippen LogP contribution in [0.4, 0.5) is 9.93 Å². The van der Waals surface area contributed by atoms with Crippen LogP contribution in [0.25, 0.3) is 5.69 Å². The number of ether oxygens (including phenoxy) is 1. The number of rotatable bonds is 4. The highest BCUT2D eigenvalue weighted by molar-refractivity contribution is 7.15. The lowest BCUT2D eigenvalue weighted by Gasteiger charge is -2.29. The average Bonchev–Trinajstić information content (AvgIpc) is 3.34. The number of aromatic nitrogens is 4. The number of benzene rings is 1. The monoisotopic (exact) mass is 482 g/mol. The number of thiazole rings is 1. The molecule has 1 aromatic carbocycles. The van der Waals surface area contributed by atoms with Crippen molar-refractivity contribution in [3.8, 4) is 5.69 Å². The summed E-state index contributed by atoms with van der Waals surface area (Å²) in [5.41, 5.74) is 2.38. The third-order valence-corrected chi connectivity index (χ3v) is 6.36. The number of nitrogens with zero attached hydrogens (tertiary/aromatic N) is 5. The van der Waals surface area contributed by atoms with E-state index in [-0.39, 0.29) is 11.9 Å². The summed E-state index contributed by atoms with van der Waals surface area (Å²) in [5.74, 6) is 0.599. The van der Waals surface area contributed by atoms with E-state index in [0.29, 0.717) is 36.4 Å². The second kappa shape index (κ2) is 9.17. The number of amides is 2. The van der Waals surface area contributed by atoms with E-state index in [1.165, 1.54) is 11.3 Å². The lowest BCUT2D eigenvalue weighted by atomic mass is 10.0. The van der Waals surface area contributed by atoms with Gasteiger partial charge in [0.05, 0.1) is 17.9 Å². The van der Waals surface area contributed by atoms with Gasteiger partial charge < -0.3 is 9.64 Å². The molecule has 4 rings (SSSR count). The smallest absolute Gasteiger partial charge is 0.410 e. The Balaban J connectivity index is 1.48. The average molecular weight is 483 g/mol. The summed E-state index contributed by atoms with van der Waals surface area (Å²) in [6.45, 7) is 12.5. The first-order chi connectivity index (χ1) is 16.0. The molecular weight excluding hydrogens is 452 g/mol. The Bertz CT molecular complexity index is 1220. The highest BCUT2D eigenvalue weighted by Crippen LogP contribution is 2.29. The Morgan fingerprint density at radius 2 is 1.91 bits per heavy atom. The van der Waals surface area contributed by atoms with Crippen molar-refractivity contribution in [3.05, 3.63) is 52.0 Å². The van der Waals surface area contributed by atoms with E-state index in [1.54, 1.807) is 9.58 Å². The van der Waals surface area contributed by atoms with Gasteiger partial charge >= 0.3 is 6.09 Å². The Labute approximate surface area is 203 Å². The molecule has 180 valence electrons. The van der Waals surface area contributed by atoms with Crippen LogP contribution in [0.2, 0.25) is 0 Å². The summed E-state index contributed by atoms with van der Waals surface area (Å²) in [7, 11) is 0. The molecule has 0 radical (unpaired) electrons. The highest BCUT2D eigenvalue weighted by atomic mass is 32.1. The minimum absolute atomic E-state index is 0.0830. The van der Waals surface area contributed by atoms with E-state index in [9.17, 15) is 9.59 Å². The first-order valence-corrected chi connectivity index (χ1v) is 12.1. The number of hydrogen-bond acceptors (Lipinski definition) is 7. The third-order valence-electron chi connectivity index (χ3n) is 5.36. The van der Waals surface area contributed by atoms with Crippen LogP contribution in [0, 0.1) is 6.92 Å². The molecule has 0 saturated carbocycles. The van der Waals surface area contributed by atoms with Gasteiger partial charge in [-0.3, -0.25) is 10.1 Å². The van der Waals surface area contributed by atoms with Crippen molar-refractivity contribution >= 4 is 28.5 Å². The summed E-state index contributed by atoms with van der Waals surface area (Å²) >= 11 is 1.36. The molecule has 2 aromatic heterocycles. The van der Waals surface area contributed by atoms with E-state index in [0.717, 1.165) is 21.8 Å². The number of para-hydroxylation sites is 1. The van der Waals surface area contributed by atoms with Crippen LogP contribution in [0.3, 0.4) is 0 Å². The third kappa shape index (κ3) is 5.11. The molecule has 1 aliphatic heterocycles. The van der Waals surface area contributed by atoms with Gasteiger partial charge in [-0.2, -0.15) is 0 Å². The largest absolute Gasteiger partial charge is 0.444 e. The minimum Gasteiger partial charge on any atom is -0.444 e. The van der Waals surface area contributed by atoms with Gasteiger partial charge in [0.2, 0.25) is 5.82 Å². The number of carbonyl (C=O) groups is 2. The maximum absolute atomic E-state index is 12.9. The molecule has 0 saturated heterocycles. The van der Waals surface area contributed by atoms with Crippen LogP contribution < -0.4 is 5.32 Å². The Kier molecular flexibility index (Phi) is 6.44. The molecule has 10 heteroatoms. The molecule has 0 unspecified atom stereocenters. The minimum atomic E-state index is -0.547. The van der Waals surface area contributed by atoms with Crippen LogP contribution in [0.1, 0.15) is 73.1 Å². The summed E-state index contributed by atoms with van der Waals surface area (Å²) in [6, 6.07) is 7.97. The molecule has 2 amide bonds. The predicted octanol–water partition coefficient (Wildman–Crippen LogP) is 4.70.